The van der Waals surface area contributed by atoms with Crippen molar-refractivity contribution in [3.8, 4) is 0 Å². The first kappa shape index (κ1) is 29.9. The highest BCUT2D eigenvalue weighted by Gasteiger charge is 2.58. The third-order valence-corrected chi connectivity index (χ3v) is 16.2. The Morgan fingerprint density at radius 1 is 0.364 bits per heavy atom. The molecule has 3 saturated heterocycles. The molecule has 0 bridgehead atoms. The van der Waals surface area contributed by atoms with Gasteiger partial charge in [-0.1, -0.05) is 77.0 Å². The third-order valence-electron chi connectivity index (χ3n) is 16.2. The Kier molecular flexibility index (Phi) is 8.87. The van der Waals surface area contributed by atoms with Gasteiger partial charge in [0, 0.05) is 36.3 Å². The maximum atomic E-state index is 4.45. The van der Waals surface area contributed by atoms with Gasteiger partial charge in [-0.2, -0.15) is 0 Å². The first-order chi connectivity index (χ1) is 21.8. The van der Waals surface area contributed by atoms with Crippen molar-refractivity contribution in [3.05, 3.63) is 0 Å². The minimum atomic E-state index is 0.564. The number of rotatable bonds is 4. The molecule has 3 heterocycles. The summed E-state index contributed by atoms with van der Waals surface area (Å²) in [7, 11) is 0. The summed E-state index contributed by atoms with van der Waals surface area (Å²) in [6.07, 6.45) is 40.2. The van der Waals surface area contributed by atoms with Crippen molar-refractivity contribution >= 4 is 0 Å². The van der Waals surface area contributed by atoms with E-state index in [2.05, 4.69) is 20.4 Å². The standard InChI is InChI=1S/C40H68N4/c1-3-13-27(14-4-1)34-26-39(42-40(41-34)28-15-5-2-6-16-28)44-37-22-12-9-19-32(37)33-25-29(23-24-38(33)44)43-35-20-10-7-17-30(35)31-18-8-11-21-36(31)43/h27-42H,1-26H2. The van der Waals surface area contributed by atoms with Crippen molar-refractivity contribution in [2.24, 2.45) is 35.5 Å². The van der Waals surface area contributed by atoms with E-state index >= 15 is 0 Å². The summed E-state index contributed by atoms with van der Waals surface area (Å²) in [5.74, 6) is 5.86. The van der Waals surface area contributed by atoms with E-state index in [1.54, 1.807) is 19.3 Å². The first-order valence-corrected chi connectivity index (χ1v) is 20.9. The Bertz CT molecular complexity index is 909. The van der Waals surface area contributed by atoms with Crippen molar-refractivity contribution < 1.29 is 0 Å². The average Bonchev–Trinajstić information content (AvgIpc) is 3.61. The zero-order valence-electron chi connectivity index (χ0n) is 28.4. The normalized spacial score (nSPS) is 49.6. The van der Waals surface area contributed by atoms with Gasteiger partial charge in [-0.25, -0.2) is 0 Å². The fraction of sp³-hybridized carbons (Fsp3) is 1.00. The van der Waals surface area contributed by atoms with E-state index in [1.165, 1.54) is 148 Å². The Morgan fingerprint density at radius 2 is 0.864 bits per heavy atom. The molecule has 0 aromatic rings. The van der Waals surface area contributed by atoms with Gasteiger partial charge in [0.25, 0.3) is 0 Å². The van der Waals surface area contributed by atoms with Crippen molar-refractivity contribution in [3.63, 3.8) is 0 Å². The monoisotopic (exact) mass is 605 g/mol. The molecule has 3 aliphatic heterocycles. The Labute approximate surface area is 271 Å². The van der Waals surface area contributed by atoms with Crippen LogP contribution >= 0.6 is 0 Å². The molecule has 4 nitrogen and oxygen atoms in total. The fourth-order valence-corrected chi connectivity index (χ4v) is 14.5. The van der Waals surface area contributed by atoms with Gasteiger partial charge in [0.1, 0.15) is 0 Å². The van der Waals surface area contributed by atoms with Gasteiger partial charge in [-0.05, 0) is 125 Å². The van der Waals surface area contributed by atoms with E-state index in [4.69, 9.17) is 0 Å². The summed E-state index contributed by atoms with van der Waals surface area (Å²) in [6.45, 7) is 0. The van der Waals surface area contributed by atoms with E-state index < -0.39 is 0 Å². The molecule has 4 heteroatoms. The number of nitrogens with zero attached hydrogens (tertiary/aromatic N) is 2. The highest BCUT2D eigenvalue weighted by Crippen LogP contribution is 2.55. The molecule has 44 heavy (non-hydrogen) atoms. The van der Waals surface area contributed by atoms with E-state index in [9.17, 15) is 0 Å². The quantitative estimate of drug-likeness (QED) is 0.336. The van der Waals surface area contributed by atoms with Crippen LogP contribution in [0.1, 0.15) is 167 Å². The van der Waals surface area contributed by atoms with Crippen molar-refractivity contribution in [1.82, 2.24) is 20.4 Å². The van der Waals surface area contributed by atoms with Crippen LogP contribution in [0.15, 0.2) is 0 Å². The van der Waals surface area contributed by atoms with E-state index in [-0.39, 0.29) is 0 Å². The number of fused-ring (bicyclic) bond motifs is 6. The Balaban J connectivity index is 0.973. The molecule has 9 aliphatic rings. The molecule has 12 unspecified atom stereocenters. The fourth-order valence-electron chi connectivity index (χ4n) is 14.5. The highest BCUT2D eigenvalue weighted by molar-refractivity contribution is 5.11. The van der Waals surface area contributed by atoms with Crippen molar-refractivity contribution in [2.75, 3.05) is 0 Å². The predicted molar refractivity (Wildman–Crippen MR) is 181 cm³/mol. The molecule has 2 N–H and O–H groups in total. The number of hydrogen-bond acceptors (Lipinski definition) is 4. The first-order valence-electron chi connectivity index (χ1n) is 20.9. The molecule has 0 aromatic heterocycles. The molecule has 9 fully saturated rings. The summed E-state index contributed by atoms with van der Waals surface area (Å²) in [6, 6.07) is 5.30. The number of likely N-dealkylation sites (tertiary alicyclic amines) is 2. The Morgan fingerprint density at radius 3 is 1.50 bits per heavy atom. The minimum Gasteiger partial charge on any atom is -0.298 e. The second-order valence-electron chi connectivity index (χ2n) is 18.1. The lowest BCUT2D eigenvalue weighted by molar-refractivity contribution is -0.0105. The lowest BCUT2D eigenvalue weighted by Gasteiger charge is -2.51. The van der Waals surface area contributed by atoms with Gasteiger partial charge in [-0.3, -0.25) is 20.4 Å². The summed E-state index contributed by atoms with van der Waals surface area (Å²) in [5.41, 5.74) is 0. The predicted octanol–water partition coefficient (Wildman–Crippen LogP) is 8.60. The van der Waals surface area contributed by atoms with Gasteiger partial charge in [-0.15, -0.1) is 0 Å². The van der Waals surface area contributed by atoms with Crippen molar-refractivity contribution in [2.45, 2.75) is 216 Å². The maximum absolute atomic E-state index is 4.45. The van der Waals surface area contributed by atoms with Crippen LogP contribution in [0.2, 0.25) is 0 Å². The van der Waals surface area contributed by atoms with Crippen LogP contribution in [0.4, 0.5) is 0 Å². The zero-order valence-corrected chi connectivity index (χ0v) is 28.4. The lowest BCUT2D eigenvalue weighted by atomic mass is 9.71. The average molecular weight is 605 g/mol. The third kappa shape index (κ3) is 5.38. The molecular formula is C40H68N4. The second kappa shape index (κ2) is 13.0. The van der Waals surface area contributed by atoms with Crippen LogP contribution in [-0.4, -0.2) is 58.4 Å². The zero-order chi connectivity index (χ0) is 29.0. The summed E-state index contributed by atoms with van der Waals surface area (Å²) in [5, 5.41) is 8.79. The molecule has 12 atom stereocenters. The molecule has 0 aromatic carbocycles. The highest BCUT2D eigenvalue weighted by atomic mass is 15.4. The molecule has 0 amide bonds. The molecule has 9 rings (SSSR count). The van der Waals surface area contributed by atoms with Crippen LogP contribution in [0.3, 0.4) is 0 Å². The summed E-state index contributed by atoms with van der Waals surface area (Å²) >= 11 is 0. The van der Waals surface area contributed by atoms with Crippen LogP contribution in [0, 0.1) is 35.5 Å². The molecule has 0 spiro atoms. The van der Waals surface area contributed by atoms with Gasteiger partial charge in [0.2, 0.25) is 0 Å². The van der Waals surface area contributed by atoms with Gasteiger partial charge < -0.3 is 0 Å². The lowest BCUT2D eigenvalue weighted by Crippen LogP contribution is -2.68. The largest absolute Gasteiger partial charge is 0.298 e. The molecule has 6 saturated carbocycles. The van der Waals surface area contributed by atoms with Crippen LogP contribution in [0.5, 0.6) is 0 Å². The molecule has 6 aliphatic carbocycles. The van der Waals surface area contributed by atoms with Gasteiger partial charge >= 0.3 is 0 Å². The SMILES string of the molecule is C1CCC(C2CC(N3C4CCCCC4C4CC(N5C6CCCCC6C6CCCCC65)CCC43)NC(C3CCCCC3)N2)CC1. The topological polar surface area (TPSA) is 30.5 Å². The smallest absolute Gasteiger partial charge is 0.0629 e. The maximum Gasteiger partial charge on any atom is 0.0629 e. The summed E-state index contributed by atoms with van der Waals surface area (Å²) < 4.78 is 0. The van der Waals surface area contributed by atoms with Gasteiger partial charge in [0.05, 0.1) is 12.3 Å². The van der Waals surface area contributed by atoms with Gasteiger partial charge in [0.15, 0.2) is 0 Å². The minimum absolute atomic E-state index is 0.564. The number of nitrogens with one attached hydrogen (secondary N) is 2. The van der Waals surface area contributed by atoms with E-state index in [1.807, 2.05) is 0 Å². The number of hydrogen-bond donors (Lipinski definition) is 2. The second-order valence-corrected chi connectivity index (χ2v) is 18.1. The molecule has 0 radical (unpaired) electrons. The van der Waals surface area contributed by atoms with Crippen LogP contribution in [0.25, 0.3) is 0 Å². The molecular weight excluding hydrogens is 536 g/mol. The molecule has 248 valence electrons. The Hall–Kier alpha value is -0.160. The van der Waals surface area contributed by atoms with E-state index in [0.717, 1.165) is 71.8 Å². The summed E-state index contributed by atoms with van der Waals surface area (Å²) in [4.78, 5) is 6.55. The van der Waals surface area contributed by atoms with Crippen LogP contribution in [-0.2, 0) is 0 Å². The van der Waals surface area contributed by atoms with Crippen molar-refractivity contribution in [1.29, 1.82) is 0 Å². The van der Waals surface area contributed by atoms with Crippen LogP contribution < -0.4 is 10.6 Å². The van der Waals surface area contributed by atoms with E-state index in [0.29, 0.717) is 12.3 Å².